The molecular weight excluding hydrogens is 368 g/mol. The van der Waals surface area contributed by atoms with Crippen molar-refractivity contribution in [2.24, 2.45) is 5.10 Å². The van der Waals surface area contributed by atoms with E-state index < -0.39 is 0 Å². The van der Waals surface area contributed by atoms with Crippen LogP contribution in [0.5, 0.6) is 5.75 Å². The van der Waals surface area contributed by atoms with Crippen molar-refractivity contribution >= 4 is 55.9 Å². The normalized spacial score (nSPS) is 11.4. The van der Waals surface area contributed by atoms with Gasteiger partial charge in [-0.25, -0.2) is 5.43 Å². The number of phenols is 1. The van der Waals surface area contributed by atoms with Crippen LogP contribution in [0.15, 0.2) is 65.8 Å². The number of halogens is 1. The van der Waals surface area contributed by atoms with Crippen molar-refractivity contribution in [3.63, 3.8) is 0 Å². The first-order valence-corrected chi connectivity index (χ1v) is 9.05. The summed E-state index contributed by atoms with van der Waals surface area (Å²) < 4.78 is 0.943. The summed E-state index contributed by atoms with van der Waals surface area (Å²) in [5, 5.41) is 17.2. The predicted octanol–water partition coefficient (Wildman–Crippen LogP) is 5.18. The minimum atomic E-state index is -0.382. The molecule has 0 atom stereocenters. The topological polar surface area (TPSA) is 61.7 Å². The zero-order valence-electron chi connectivity index (χ0n) is 13.4. The fourth-order valence-electron chi connectivity index (χ4n) is 2.72. The molecule has 0 spiro atoms. The molecule has 1 heterocycles. The van der Waals surface area contributed by atoms with Gasteiger partial charge >= 0.3 is 0 Å². The molecule has 1 amide bonds. The molecule has 128 valence electrons. The number of amides is 1. The Morgan fingerprint density at radius 1 is 1.08 bits per heavy atom. The number of hydrogen-bond acceptors (Lipinski definition) is 4. The van der Waals surface area contributed by atoms with E-state index in [4.69, 9.17) is 11.6 Å². The Labute approximate surface area is 158 Å². The van der Waals surface area contributed by atoms with Gasteiger partial charge in [-0.3, -0.25) is 4.79 Å². The second-order valence-electron chi connectivity index (χ2n) is 5.70. The van der Waals surface area contributed by atoms with Crippen molar-refractivity contribution in [1.29, 1.82) is 0 Å². The van der Waals surface area contributed by atoms with Crippen LogP contribution in [-0.4, -0.2) is 17.2 Å². The van der Waals surface area contributed by atoms with Gasteiger partial charge in [0.25, 0.3) is 5.91 Å². The Bertz CT molecular complexity index is 1170. The predicted molar refractivity (Wildman–Crippen MR) is 108 cm³/mol. The van der Waals surface area contributed by atoms with Gasteiger partial charge in [-0.05, 0) is 29.0 Å². The van der Waals surface area contributed by atoms with Crippen LogP contribution in [0.25, 0.3) is 20.9 Å². The number of hydrogen-bond donors (Lipinski definition) is 2. The second-order valence-corrected chi connectivity index (χ2v) is 7.13. The molecule has 0 bridgehead atoms. The van der Waals surface area contributed by atoms with Crippen LogP contribution in [0.3, 0.4) is 0 Å². The number of carbonyl (C=O) groups excluding carboxylic acids is 1. The fraction of sp³-hybridized carbons (Fsp3) is 0. The minimum absolute atomic E-state index is 0.0987. The molecule has 4 aromatic rings. The lowest BCUT2D eigenvalue weighted by atomic mass is 10.1. The number of nitrogens with zero attached hydrogens (tertiary/aromatic N) is 1. The van der Waals surface area contributed by atoms with E-state index in [1.165, 1.54) is 17.6 Å². The Kier molecular flexibility index (Phi) is 4.32. The molecular formula is C20H13ClN2O2S. The SMILES string of the molecule is O=C(NN=Cc1cc2ccccc2cc1O)c1sc2ccccc2c1Cl. The van der Waals surface area contributed by atoms with Crippen molar-refractivity contribution in [2.45, 2.75) is 0 Å². The van der Waals surface area contributed by atoms with E-state index in [-0.39, 0.29) is 11.7 Å². The highest BCUT2D eigenvalue weighted by atomic mass is 35.5. The highest BCUT2D eigenvalue weighted by molar-refractivity contribution is 7.21. The van der Waals surface area contributed by atoms with Crippen LogP contribution >= 0.6 is 22.9 Å². The molecule has 2 N–H and O–H groups in total. The van der Waals surface area contributed by atoms with Crippen molar-refractivity contribution in [3.05, 3.63) is 76.1 Å². The number of phenolic OH excluding ortho intramolecular Hbond substituents is 1. The summed E-state index contributed by atoms with van der Waals surface area (Å²) >= 11 is 7.61. The van der Waals surface area contributed by atoms with Gasteiger partial charge in [-0.15, -0.1) is 11.3 Å². The standard InChI is InChI=1S/C20H13ClN2O2S/c21-18-15-7-3-4-8-17(15)26-19(18)20(25)23-22-11-14-9-12-5-1-2-6-13(12)10-16(14)24/h1-11,24H,(H,23,25). The van der Waals surface area contributed by atoms with E-state index in [9.17, 15) is 9.90 Å². The summed E-state index contributed by atoms with van der Waals surface area (Å²) in [4.78, 5) is 12.8. The number of aromatic hydroxyl groups is 1. The van der Waals surface area contributed by atoms with E-state index >= 15 is 0 Å². The van der Waals surface area contributed by atoms with Crippen molar-refractivity contribution in [1.82, 2.24) is 5.43 Å². The average Bonchev–Trinajstić information content (AvgIpc) is 2.99. The maximum absolute atomic E-state index is 12.4. The number of benzene rings is 3. The van der Waals surface area contributed by atoms with E-state index in [2.05, 4.69) is 10.5 Å². The summed E-state index contributed by atoms with van der Waals surface area (Å²) in [6.45, 7) is 0. The molecule has 0 fully saturated rings. The summed E-state index contributed by atoms with van der Waals surface area (Å²) in [5.74, 6) is -0.283. The quantitative estimate of drug-likeness (QED) is 0.380. The molecule has 26 heavy (non-hydrogen) atoms. The van der Waals surface area contributed by atoms with E-state index in [0.29, 0.717) is 15.5 Å². The first-order valence-electron chi connectivity index (χ1n) is 7.85. The highest BCUT2D eigenvalue weighted by Crippen LogP contribution is 2.35. The third kappa shape index (κ3) is 3.03. The van der Waals surface area contributed by atoms with E-state index in [0.717, 1.165) is 20.9 Å². The summed E-state index contributed by atoms with van der Waals surface area (Å²) in [7, 11) is 0. The number of nitrogens with one attached hydrogen (secondary N) is 1. The van der Waals surface area contributed by atoms with Gasteiger partial charge in [0.05, 0.1) is 11.2 Å². The van der Waals surface area contributed by atoms with Crippen molar-refractivity contribution < 1.29 is 9.90 Å². The molecule has 4 rings (SSSR count). The van der Waals surface area contributed by atoms with Gasteiger partial charge in [0.2, 0.25) is 0 Å². The molecule has 6 heteroatoms. The number of hydrazone groups is 1. The largest absolute Gasteiger partial charge is 0.507 e. The van der Waals surface area contributed by atoms with Gasteiger partial charge in [0, 0.05) is 15.6 Å². The van der Waals surface area contributed by atoms with Crippen LogP contribution in [0.4, 0.5) is 0 Å². The first kappa shape index (κ1) is 16.6. The van der Waals surface area contributed by atoms with Gasteiger partial charge in [0.15, 0.2) is 0 Å². The van der Waals surface area contributed by atoms with Gasteiger partial charge < -0.3 is 5.11 Å². The summed E-state index contributed by atoms with van der Waals surface area (Å²) in [6, 6.07) is 18.7. The van der Waals surface area contributed by atoms with Crippen LogP contribution < -0.4 is 5.43 Å². The van der Waals surface area contributed by atoms with E-state index in [1.54, 1.807) is 6.07 Å². The Morgan fingerprint density at radius 3 is 2.54 bits per heavy atom. The second kappa shape index (κ2) is 6.78. The van der Waals surface area contributed by atoms with Gasteiger partial charge in [0.1, 0.15) is 10.6 Å². The highest BCUT2D eigenvalue weighted by Gasteiger charge is 2.16. The lowest BCUT2D eigenvalue weighted by Crippen LogP contribution is -2.16. The first-order chi connectivity index (χ1) is 12.6. The number of thiophene rings is 1. The molecule has 0 saturated carbocycles. The van der Waals surface area contributed by atoms with Crippen LogP contribution in [0.1, 0.15) is 15.2 Å². The fourth-order valence-corrected chi connectivity index (χ4v) is 4.13. The molecule has 1 aromatic heterocycles. The Morgan fingerprint density at radius 2 is 1.77 bits per heavy atom. The number of rotatable bonds is 3. The third-order valence-corrected chi connectivity index (χ3v) is 5.68. The molecule has 0 saturated heterocycles. The smallest absolute Gasteiger partial charge is 0.283 e. The third-order valence-electron chi connectivity index (χ3n) is 4.01. The molecule has 3 aromatic carbocycles. The maximum Gasteiger partial charge on any atom is 0.283 e. The number of fused-ring (bicyclic) bond motifs is 2. The molecule has 0 aliphatic rings. The molecule has 4 nitrogen and oxygen atoms in total. The molecule has 0 radical (unpaired) electrons. The van der Waals surface area contributed by atoms with Gasteiger partial charge in [-0.2, -0.15) is 5.10 Å². The summed E-state index contributed by atoms with van der Waals surface area (Å²) in [5.41, 5.74) is 2.99. The minimum Gasteiger partial charge on any atom is -0.507 e. The average molecular weight is 381 g/mol. The van der Waals surface area contributed by atoms with E-state index in [1.807, 2.05) is 54.6 Å². The zero-order chi connectivity index (χ0) is 18.1. The summed E-state index contributed by atoms with van der Waals surface area (Å²) in [6.07, 6.45) is 1.42. The molecule has 0 aliphatic heterocycles. The lowest BCUT2D eigenvalue weighted by molar-refractivity contribution is 0.0959. The van der Waals surface area contributed by atoms with Crippen LogP contribution in [-0.2, 0) is 0 Å². The molecule has 0 aliphatic carbocycles. The zero-order valence-corrected chi connectivity index (χ0v) is 15.0. The molecule has 0 unspecified atom stereocenters. The number of carbonyl (C=O) groups is 1. The Balaban J connectivity index is 1.57. The monoisotopic (exact) mass is 380 g/mol. The van der Waals surface area contributed by atoms with Crippen LogP contribution in [0, 0.1) is 0 Å². The van der Waals surface area contributed by atoms with Crippen molar-refractivity contribution in [2.75, 3.05) is 0 Å². The van der Waals surface area contributed by atoms with Crippen molar-refractivity contribution in [3.8, 4) is 5.75 Å². The van der Waals surface area contributed by atoms with Gasteiger partial charge in [-0.1, -0.05) is 54.1 Å². The maximum atomic E-state index is 12.4. The lowest BCUT2D eigenvalue weighted by Gasteiger charge is -2.03. The Hall–Kier alpha value is -2.89. The van der Waals surface area contributed by atoms with Crippen LogP contribution in [0.2, 0.25) is 5.02 Å².